The van der Waals surface area contributed by atoms with Crippen LogP contribution < -0.4 is 0 Å². The van der Waals surface area contributed by atoms with Crippen molar-refractivity contribution in [2.45, 2.75) is 112 Å². The van der Waals surface area contributed by atoms with E-state index < -0.39 is 11.6 Å². The van der Waals surface area contributed by atoms with E-state index >= 15 is 0 Å². The molecule has 0 aromatic heterocycles. The van der Waals surface area contributed by atoms with Crippen molar-refractivity contribution in [2.75, 3.05) is 26.2 Å². The molecule has 0 bridgehead atoms. The number of ketones is 2. The van der Waals surface area contributed by atoms with Crippen molar-refractivity contribution in [1.82, 2.24) is 19.6 Å². The van der Waals surface area contributed by atoms with E-state index in [-0.39, 0.29) is 41.9 Å². The molecule has 0 aromatic carbocycles. The van der Waals surface area contributed by atoms with Crippen LogP contribution >= 0.6 is 24.4 Å². The number of carbonyl (C=O) groups excluding carboxylic acids is 4. The van der Waals surface area contributed by atoms with Crippen LogP contribution in [-0.2, 0) is 19.2 Å². The average Bonchev–Trinajstić information content (AvgIpc) is 3.27. The summed E-state index contributed by atoms with van der Waals surface area (Å²) in [5, 5.41) is 0.823. The van der Waals surface area contributed by atoms with Crippen molar-refractivity contribution >= 4 is 58.0 Å². The molecule has 39 heavy (non-hydrogen) atoms. The Hall–Kier alpha value is -1.94. The third-order valence-electron chi connectivity index (χ3n) is 7.66. The quantitative estimate of drug-likeness (QED) is 0.238. The highest BCUT2D eigenvalue weighted by atomic mass is 32.1. The molecule has 0 unspecified atom stereocenters. The Labute approximate surface area is 245 Å². The molecule has 8 nitrogen and oxygen atoms in total. The molecule has 2 heterocycles. The topological polar surface area (TPSA) is 81.2 Å². The zero-order valence-corrected chi connectivity index (χ0v) is 26.6. The normalized spacial score (nSPS) is 16.9. The van der Waals surface area contributed by atoms with Crippen molar-refractivity contribution in [2.24, 2.45) is 10.8 Å². The molecule has 2 fully saturated rings. The predicted octanol–water partition coefficient (Wildman–Crippen LogP) is 4.93. The summed E-state index contributed by atoms with van der Waals surface area (Å²) < 4.78 is 0. The largest absolute Gasteiger partial charge is 0.340 e. The first-order valence-corrected chi connectivity index (χ1v) is 15.2. The number of hydrogen-bond acceptors (Lipinski definition) is 6. The van der Waals surface area contributed by atoms with Gasteiger partial charge in [0, 0.05) is 44.2 Å². The first-order valence-electron chi connectivity index (χ1n) is 14.4. The second kappa shape index (κ2) is 14.1. The molecule has 2 rings (SSSR count). The molecule has 2 aliphatic heterocycles. The fourth-order valence-corrected chi connectivity index (χ4v) is 6.13. The van der Waals surface area contributed by atoms with Crippen LogP contribution in [-0.4, -0.2) is 85.6 Å². The summed E-state index contributed by atoms with van der Waals surface area (Å²) in [7, 11) is 0. The van der Waals surface area contributed by atoms with E-state index in [9.17, 15) is 19.2 Å². The van der Waals surface area contributed by atoms with Crippen molar-refractivity contribution < 1.29 is 19.2 Å². The first-order chi connectivity index (χ1) is 18.1. The van der Waals surface area contributed by atoms with Gasteiger partial charge in [0.2, 0.25) is 11.8 Å². The Bertz CT molecular complexity index is 917. The van der Waals surface area contributed by atoms with E-state index in [4.69, 9.17) is 24.4 Å². The van der Waals surface area contributed by atoms with Crippen molar-refractivity contribution in [1.29, 1.82) is 0 Å². The van der Waals surface area contributed by atoms with Gasteiger partial charge in [0.05, 0.1) is 13.1 Å². The number of Topliss-reactive ketones (excluding diaryl/α,β-unsaturated/α-hetero) is 2. The van der Waals surface area contributed by atoms with Crippen molar-refractivity contribution in [3.05, 3.63) is 0 Å². The molecule has 2 saturated heterocycles. The van der Waals surface area contributed by atoms with Crippen LogP contribution in [0, 0.1) is 10.8 Å². The Kier molecular flexibility index (Phi) is 12.0. The third-order valence-corrected chi connectivity index (χ3v) is 8.57. The van der Waals surface area contributed by atoms with Gasteiger partial charge < -0.3 is 9.80 Å². The summed E-state index contributed by atoms with van der Waals surface area (Å²) >= 11 is 11.4. The number of carbonyl (C=O) groups is 4. The number of thiocarbonyl (C=S) groups is 2. The Morgan fingerprint density at radius 3 is 1.46 bits per heavy atom. The molecule has 0 saturated carbocycles. The molecular formula is C29H48N4O4S2. The third kappa shape index (κ3) is 9.03. The van der Waals surface area contributed by atoms with E-state index in [0.717, 1.165) is 12.8 Å². The molecule has 0 aliphatic carbocycles. The predicted molar refractivity (Wildman–Crippen MR) is 162 cm³/mol. The van der Waals surface area contributed by atoms with Crippen molar-refractivity contribution in [3.8, 4) is 0 Å². The number of amides is 2. The number of hydrogen-bond donors (Lipinski definition) is 0. The molecule has 10 heteroatoms. The molecule has 0 atom stereocenters. The van der Waals surface area contributed by atoms with Crippen LogP contribution in [0.25, 0.3) is 0 Å². The molecule has 0 N–H and O–H groups in total. The Morgan fingerprint density at radius 2 is 1.10 bits per heavy atom. The fourth-order valence-electron chi connectivity index (χ4n) is 5.34. The van der Waals surface area contributed by atoms with Gasteiger partial charge in [-0.25, -0.2) is 0 Å². The lowest BCUT2D eigenvalue weighted by molar-refractivity contribution is -0.138. The monoisotopic (exact) mass is 580 g/mol. The highest BCUT2D eigenvalue weighted by Gasteiger charge is 2.51. The van der Waals surface area contributed by atoms with E-state index in [2.05, 4.69) is 20.8 Å². The summed E-state index contributed by atoms with van der Waals surface area (Å²) in [4.78, 5) is 57.9. The number of likely N-dealkylation sites (N-methyl/N-ethyl adjacent to an activating group) is 2. The van der Waals surface area contributed by atoms with E-state index in [1.54, 1.807) is 9.80 Å². The zero-order chi connectivity index (χ0) is 29.5. The summed E-state index contributed by atoms with van der Waals surface area (Å²) in [6.07, 6.45) is 4.88. The average molecular weight is 581 g/mol. The first kappa shape index (κ1) is 33.3. The molecule has 220 valence electrons. The maximum atomic E-state index is 13.2. The number of nitrogens with zero attached hydrogens (tertiary/aromatic N) is 4. The summed E-state index contributed by atoms with van der Waals surface area (Å²) in [5.74, 6) is 0.0814. The van der Waals surface area contributed by atoms with Crippen LogP contribution in [0.1, 0.15) is 106 Å². The van der Waals surface area contributed by atoms with Gasteiger partial charge in [-0.1, -0.05) is 34.6 Å². The maximum Gasteiger partial charge on any atom is 0.250 e. The molecule has 0 aromatic rings. The zero-order valence-electron chi connectivity index (χ0n) is 25.0. The molecule has 0 spiro atoms. The van der Waals surface area contributed by atoms with Gasteiger partial charge in [0.1, 0.15) is 17.7 Å². The molecular weight excluding hydrogens is 532 g/mol. The summed E-state index contributed by atoms with van der Waals surface area (Å²) in [5.41, 5.74) is -0.343. The minimum atomic E-state index is -0.661. The van der Waals surface area contributed by atoms with Gasteiger partial charge in [-0.3, -0.25) is 29.0 Å². The number of rotatable bonds is 16. The van der Waals surface area contributed by atoms with Gasteiger partial charge in [0.25, 0.3) is 0 Å². The van der Waals surface area contributed by atoms with Gasteiger partial charge in [0.15, 0.2) is 10.2 Å². The van der Waals surface area contributed by atoms with E-state index in [1.807, 2.05) is 37.5 Å². The second-order valence-electron chi connectivity index (χ2n) is 12.7. The van der Waals surface area contributed by atoms with Crippen LogP contribution in [0.15, 0.2) is 0 Å². The van der Waals surface area contributed by atoms with Crippen LogP contribution in [0.2, 0.25) is 0 Å². The lowest BCUT2D eigenvalue weighted by atomic mass is 9.81. The molecule has 0 radical (unpaired) electrons. The summed E-state index contributed by atoms with van der Waals surface area (Å²) in [6, 6.07) is 0. The summed E-state index contributed by atoms with van der Waals surface area (Å²) in [6.45, 7) is 16.0. The highest BCUT2D eigenvalue weighted by molar-refractivity contribution is 7.80. The standard InChI is InChI=1S/C29H48N4O4S2/c1-8-30-19-23(36)32(26(30)38)25(33-24(37)20-31(9-2)27(33)39)29(6,7)18-12-16-22(35)14-10-13-21(34)15-11-17-28(3,4)5/h25H,8-20H2,1-7H3. The highest BCUT2D eigenvalue weighted by Crippen LogP contribution is 2.37. The maximum absolute atomic E-state index is 13.2. The van der Waals surface area contributed by atoms with Gasteiger partial charge in [-0.2, -0.15) is 0 Å². The van der Waals surface area contributed by atoms with Crippen LogP contribution in [0.4, 0.5) is 0 Å². The van der Waals surface area contributed by atoms with E-state index in [1.165, 1.54) is 0 Å². The lowest BCUT2D eigenvalue weighted by Crippen LogP contribution is -2.60. The fraction of sp³-hybridized carbons (Fsp3) is 0.793. The van der Waals surface area contributed by atoms with Gasteiger partial charge in [-0.15, -0.1) is 0 Å². The minimum Gasteiger partial charge on any atom is -0.340 e. The van der Waals surface area contributed by atoms with E-state index in [0.29, 0.717) is 68.3 Å². The van der Waals surface area contributed by atoms with Crippen molar-refractivity contribution in [3.63, 3.8) is 0 Å². The SMILES string of the molecule is CCN1CC(=O)N(C(N2C(=O)CN(CC)C2=S)C(C)(C)CCCC(=O)CCCC(=O)CCCC(C)(C)C)C1=S. The molecule has 2 amide bonds. The van der Waals surface area contributed by atoms with Gasteiger partial charge >= 0.3 is 0 Å². The Morgan fingerprint density at radius 1 is 0.718 bits per heavy atom. The Balaban J connectivity index is 2.00. The lowest BCUT2D eigenvalue weighted by Gasteiger charge is -2.44. The van der Waals surface area contributed by atoms with Gasteiger partial charge in [-0.05, 0) is 75.8 Å². The second-order valence-corrected chi connectivity index (χ2v) is 13.4. The molecule has 2 aliphatic rings. The van der Waals surface area contributed by atoms with Crippen LogP contribution in [0.5, 0.6) is 0 Å². The minimum absolute atomic E-state index is 0.139. The smallest absolute Gasteiger partial charge is 0.250 e. The van der Waals surface area contributed by atoms with Crippen LogP contribution in [0.3, 0.4) is 0 Å².